The third-order valence-corrected chi connectivity index (χ3v) is 3.33. The zero-order valence-electron chi connectivity index (χ0n) is 8.59. The van der Waals surface area contributed by atoms with Gasteiger partial charge in [0.2, 0.25) is 10.0 Å². The first-order valence-electron chi connectivity index (χ1n) is 4.81. The highest BCUT2D eigenvalue weighted by molar-refractivity contribution is 7.89. The summed E-state index contributed by atoms with van der Waals surface area (Å²) in [5.74, 6) is 0. The predicted molar refractivity (Wildman–Crippen MR) is 60.1 cm³/mol. The Morgan fingerprint density at radius 1 is 1.38 bits per heavy atom. The van der Waals surface area contributed by atoms with Crippen molar-refractivity contribution < 1.29 is 13.3 Å². The molecule has 4 N–H and O–H groups in total. The highest BCUT2D eigenvalue weighted by Gasteiger charge is 2.17. The Labute approximate surface area is 93.8 Å². The van der Waals surface area contributed by atoms with Crippen LogP contribution in [-0.2, 0) is 14.9 Å². The van der Waals surface area contributed by atoms with E-state index in [1.54, 1.807) is 17.2 Å². The van der Waals surface area contributed by atoms with Gasteiger partial charge in [-0.15, -0.1) is 0 Å². The molecule has 1 aliphatic heterocycles. The van der Waals surface area contributed by atoms with Gasteiger partial charge in [-0.3, -0.25) is 9.90 Å². The molecule has 0 aliphatic carbocycles. The molecule has 1 fully saturated rings. The van der Waals surface area contributed by atoms with Gasteiger partial charge in [0.1, 0.15) is 4.90 Å². The molecule has 0 atom stereocenters. The van der Waals surface area contributed by atoms with E-state index >= 15 is 0 Å². The van der Waals surface area contributed by atoms with E-state index in [9.17, 15) is 8.42 Å². The molecule has 6 nitrogen and oxygen atoms in total. The van der Waals surface area contributed by atoms with Crippen LogP contribution in [0.25, 0.3) is 0 Å². The fourth-order valence-electron chi connectivity index (χ4n) is 1.60. The van der Waals surface area contributed by atoms with Crippen molar-refractivity contribution in [2.75, 3.05) is 23.9 Å². The van der Waals surface area contributed by atoms with Crippen LogP contribution in [0.1, 0.15) is 6.42 Å². The van der Waals surface area contributed by atoms with Crippen molar-refractivity contribution in [3.05, 3.63) is 18.2 Å². The first-order valence-corrected chi connectivity index (χ1v) is 6.36. The van der Waals surface area contributed by atoms with Crippen LogP contribution in [-0.4, -0.2) is 21.6 Å². The minimum Gasteiger partial charge on any atom is -0.398 e. The van der Waals surface area contributed by atoms with Crippen molar-refractivity contribution in [3.8, 4) is 0 Å². The second-order valence-corrected chi connectivity index (χ2v) is 5.09. The van der Waals surface area contributed by atoms with Crippen LogP contribution in [0.5, 0.6) is 0 Å². The zero-order valence-corrected chi connectivity index (χ0v) is 9.40. The second kappa shape index (κ2) is 3.93. The van der Waals surface area contributed by atoms with E-state index in [-0.39, 0.29) is 10.6 Å². The molecule has 88 valence electrons. The summed E-state index contributed by atoms with van der Waals surface area (Å²) in [6.07, 6.45) is 0.941. The molecule has 1 heterocycles. The fraction of sp³-hybridized carbons (Fsp3) is 0.333. The van der Waals surface area contributed by atoms with Crippen molar-refractivity contribution in [3.63, 3.8) is 0 Å². The predicted octanol–water partition coefficient (Wildman–Crippen LogP) is 0.0579. The number of sulfonamides is 1. The van der Waals surface area contributed by atoms with Crippen LogP contribution in [0, 0.1) is 0 Å². The maximum absolute atomic E-state index is 11.1. The van der Waals surface area contributed by atoms with E-state index in [4.69, 9.17) is 15.7 Å². The van der Waals surface area contributed by atoms with Crippen molar-refractivity contribution in [1.82, 2.24) is 0 Å². The minimum atomic E-state index is -3.76. The molecule has 0 bridgehead atoms. The average molecular weight is 243 g/mol. The summed E-state index contributed by atoms with van der Waals surface area (Å²) in [7, 11) is -3.76. The monoisotopic (exact) mass is 243 g/mol. The van der Waals surface area contributed by atoms with E-state index in [0.717, 1.165) is 18.7 Å². The summed E-state index contributed by atoms with van der Waals surface area (Å²) in [4.78, 5) is 5.26. The first-order chi connectivity index (χ1) is 7.48. The molecular weight excluding hydrogens is 230 g/mol. The molecule has 0 aromatic heterocycles. The van der Waals surface area contributed by atoms with Crippen molar-refractivity contribution >= 4 is 21.4 Å². The van der Waals surface area contributed by atoms with Gasteiger partial charge < -0.3 is 5.73 Å². The van der Waals surface area contributed by atoms with Crippen molar-refractivity contribution in [1.29, 1.82) is 0 Å². The molecule has 16 heavy (non-hydrogen) atoms. The van der Waals surface area contributed by atoms with Gasteiger partial charge in [-0.1, -0.05) is 0 Å². The second-order valence-electron chi connectivity index (χ2n) is 3.56. The largest absolute Gasteiger partial charge is 0.398 e. The van der Waals surface area contributed by atoms with Gasteiger partial charge in [-0.2, -0.15) is 0 Å². The molecule has 1 aromatic carbocycles. The van der Waals surface area contributed by atoms with Gasteiger partial charge in [0.25, 0.3) is 0 Å². The van der Waals surface area contributed by atoms with Gasteiger partial charge in [0.05, 0.1) is 18.0 Å². The number of nitrogen functional groups attached to an aromatic ring is 1. The Morgan fingerprint density at radius 2 is 2.12 bits per heavy atom. The van der Waals surface area contributed by atoms with Crippen LogP contribution in [0.4, 0.5) is 11.4 Å². The van der Waals surface area contributed by atoms with E-state index in [2.05, 4.69) is 0 Å². The van der Waals surface area contributed by atoms with Crippen LogP contribution in [0.15, 0.2) is 23.1 Å². The Hall–Kier alpha value is -1.31. The average Bonchev–Trinajstić information content (AvgIpc) is 2.68. The number of hydrogen-bond donors (Lipinski definition) is 2. The van der Waals surface area contributed by atoms with Gasteiger partial charge in [-0.25, -0.2) is 13.6 Å². The first kappa shape index (κ1) is 11.2. The molecule has 1 aliphatic rings. The molecule has 0 saturated carbocycles. The topological polar surface area (TPSA) is 98.6 Å². The molecule has 1 aromatic rings. The summed E-state index contributed by atoms with van der Waals surface area (Å²) < 4.78 is 22.3. The van der Waals surface area contributed by atoms with E-state index in [1.807, 2.05) is 0 Å². The Morgan fingerprint density at radius 3 is 2.62 bits per heavy atom. The highest BCUT2D eigenvalue weighted by Crippen LogP contribution is 2.25. The van der Waals surface area contributed by atoms with Gasteiger partial charge in [-0.05, 0) is 24.6 Å². The lowest BCUT2D eigenvalue weighted by Gasteiger charge is -2.17. The molecule has 1 saturated heterocycles. The van der Waals surface area contributed by atoms with Crippen LogP contribution >= 0.6 is 0 Å². The van der Waals surface area contributed by atoms with Crippen LogP contribution < -0.4 is 15.9 Å². The number of rotatable bonds is 2. The molecule has 7 heteroatoms. The van der Waals surface area contributed by atoms with Crippen LogP contribution in [0.3, 0.4) is 0 Å². The number of anilines is 2. The number of hydroxylamine groups is 1. The third kappa shape index (κ3) is 2.11. The lowest BCUT2D eigenvalue weighted by molar-refractivity contribution is 0.168. The Bertz CT molecular complexity index is 495. The fourth-order valence-corrected chi connectivity index (χ4v) is 2.25. The van der Waals surface area contributed by atoms with E-state index < -0.39 is 10.0 Å². The van der Waals surface area contributed by atoms with Crippen molar-refractivity contribution in [2.24, 2.45) is 5.14 Å². The van der Waals surface area contributed by atoms with Gasteiger partial charge in [0, 0.05) is 6.54 Å². The number of hydrogen-bond acceptors (Lipinski definition) is 5. The highest BCUT2D eigenvalue weighted by atomic mass is 32.2. The smallest absolute Gasteiger partial charge is 0.240 e. The summed E-state index contributed by atoms with van der Waals surface area (Å²) in [6.45, 7) is 1.44. The normalized spacial score (nSPS) is 16.7. The Kier molecular flexibility index (Phi) is 2.75. The lowest BCUT2D eigenvalue weighted by Crippen LogP contribution is -2.18. The van der Waals surface area contributed by atoms with E-state index in [0.29, 0.717) is 6.61 Å². The minimum absolute atomic E-state index is 0.0598. The number of benzene rings is 1. The summed E-state index contributed by atoms with van der Waals surface area (Å²) in [6, 6.07) is 4.56. The van der Waals surface area contributed by atoms with Gasteiger partial charge in [0.15, 0.2) is 0 Å². The third-order valence-electron chi connectivity index (χ3n) is 2.34. The molecule has 0 radical (unpaired) electrons. The van der Waals surface area contributed by atoms with Crippen molar-refractivity contribution in [2.45, 2.75) is 11.3 Å². The SMILES string of the molecule is Nc1cc(N2CCCO2)ccc1S(N)(=O)=O. The molecule has 2 rings (SSSR count). The summed E-state index contributed by atoms with van der Waals surface area (Å²) in [5.41, 5.74) is 6.51. The lowest BCUT2D eigenvalue weighted by atomic mass is 10.3. The zero-order chi connectivity index (χ0) is 11.8. The maximum atomic E-state index is 11.1. The van der Waals surface area contributed by atoms with E-state index in [1.165, 1.54) is 6.07 Å². The Balaban J connectivity index is 2.36. The maximum Gasteiger partial charge on any atom is 0.240 e. The molecular formula is C9H13N3O3S. The molecule has 0 spiro atoms. The number of nitrogens with zero attached hydrogens (tertiary/aromatic N) is 1. The summed E-state index contributed by atoms with van der Waals surface area (Å²) in [5, 5.41) is 6.69. The quantitative estimate of drug-likeness (QED) is 0.715. The number of primary sulfonamides is 1. The summed E-state index contributed by atoms with van der Waals surface area (Å²) >= 11 is 0. The van der Waals surface area contributed by atoms with Crippen LogP contribution in [0.2, 0.25) is 0 Å². The molecule has 0 unspecified atom stereocenters. The standard InChI is InChI=1S/C9H13N3O3S/c10-8-6-7(12-4-1-5-15-12)2-3-9(8)16(11,13)14/h2-3,6H,1,4-5,10H2,(H2,11,13,14). The van der Waals surface area contributed by atoms with Gasteiger partial charge >= 0.3 is 0 Å². The number of nitrogens with two attached hydrogens (primary N) is 2. The molecule has 0 amide bonds.